The smallest absolute Gasteiger partial charge is 0.326 e. The lowest BCUT2D eigenvalue weighted by molar-refractivity contribution is -0.141. The van der Waals surface area contributed by atoms with Crippen molar-refractivity contribution in [2.45, 2.75) is 18.1 Å². The number of hydrogen-bond acceptors (Lipinski definition) is 5. The first-order valence-corrected chi connectivity index (χ1v) is 9.05. The fraction of sp³-hybridized carbons (Fsp3) is 0.267. The number of aryl methyl sites for hydroxylation is 1. The molecule has 0 aliphatic carbocycles. The van der Waals surface area contributed by atoms with Crippen LogP contribution in [0, 0.1) is 6.92 Å². The van der Waals surface area contributed by atoms with Crippen LogP contribution in [0.15, 0.2) is 46.0 Å². The van der Waals surface area contributed by atoms with E-state index in [1.54, 1.807) is 42.6 Å². The van der Waals surface area contributed by atoms with Crippen LogP contribution in [0.1, 0.15) is 12.5 Å². The molecule has 0 aliphatic heterocycles. The van der Waals surface area contributed by atoms with Gasteiger partial charge in [0.1, 0.15) is 10.8 Å². The monoisotopic (exact) mass is 339 g/mol. The van der Waals surface area contributed by atoms with Crippen molar-refractivity contribution in [3.8, 4) is 0 Å². The average molecular weight is 339 g/mol. The Morgan fingerprint density at radius 1 is 1.23 bits per heavy atom. The Labute approximate surface area is 134 Å². The molecule has 5 nitrogen and oxygen atoms in total. The number of esters is 1. The molecule has 22 heavy (non-hydrogen) atoms. The number of sulfonamides is 1. The topological polar surface area (TPSA) is 63.7 Å². The molecule has 0 atom stereocenters. The molecule has 1 aromatic heterocycles. The Kier molecular flexibility index (Phi) is 5.20. The Bertz CT molecular complexity index is 721. The molecule has 7 heteroatoms. The van der Waals surface area contributed by atoms with Gasteiger partial charge in [0.25, 0.3) is 10.0 Å². The van der Waals surface area contributed by atoms with Crippen LogP contribution in [0.5, 0.6) is 0 Å². The molecule has 0 amide bonds. The summed E-state index contributed by atoms with van der Waals surface area (Å²) in [5.74, 6) is -0.580. The van der Waals surface area contributed by atoms with Crippen LogP contribution in [0.3, 0.4) is 0 Å². The predicted octanol–water partition coefficient (Wildman–Crippen LogP) is 2.81. The molecule has 118 valence electrons. The molecule has 0 saturated carbocycles. The van der Waals surface area contributed by atoms with Crippen molar-refractivity contribution >= 4 is 33.0 Å². The van der Waals surface area contributed by atoms with Crippen LogP contribution in [-0.4, -0.2) is 27.5 Å². The van der Waals surface area contributed by atoms with E-state index in [9.17, 15) is 13.2 Å². The Balaban J connectivity index is 2.41. The van der Waals surface area contributed by atoms with Gasteiger partial charge in [0.2, 0.25) is 0 Å². The first-order chi connectivity index (χ1) is 10.4. The van der Waals surface area contributed by atoms with Gasteiger partial charge in [-0.25, -0.2) is 8.42 Å². The average Bonchev–Trinajstić information content (AvgIpc) is 3.01. The number of ether oxygens (including phenoxy) is 1. The van der Waals surface area contributed by atoms with Gasteiger partial charge < -0.3 is 4.74 Å². The second kappa shape index (κ2) is 6.93. The zero-order valence-corrected chi connectivity index (χ0v) is 14.0. The number of nitrogens with zero attached hydrogens (tertiary/aromatic N) is 1. The van der Waals surface area contributed by atoms with Gasteiger partial charge in [-0.3, -0.25) is 9.10 Å². The van der Waals surface area contributed by atoms with Crippen molar-refractivity contribution in [2.24, 2.45) is 0 Å². The number of carbonyl (C=O) groups excluding carboxylic acids is 1. The van der Waals surface area contributed by atoms with E-state index in [0.29, 0.717) is 5.69 Å². The van der Waals surface area contributed by atoms with Gasteiger partial charge in [0.15, 0.2) is 0 Å². The second-order valence-corrected chi connectivity index (χ2v) is 7.62. The maximum atomic E-state index is 12.7. The standard InChI is InChI=1S/C15H17NO4S2/c1-3-20-14(17)11-16(13-8-6-12(2)7-9-13)22(18,19)15-5-4-10-21-15/h4-10H,3,11H2,1-2H3. The molecule has 0 saturated heterocycles. The third kappa shape index (κ3) is 3.66. The number of rotatable bonds is 6. The maximum absolute atomic E-state index is 12.7. The van der Waals surface area contributed by atoms with Crippen LogP contribution < -0.4 is 4.31 Å². The van der Waals surface area contributed by atoms with E-state index < -0.39 is 16.0 Å². The number of thiophene rings is 1. The van der Waals surface area contributed by atoms with Gasteiger partial charge >= 0.3 is 5.97 Å². The fourth-order valence-corrected chi connectivity index (χ4v) is 4.38. The van der Waals surface area contributed by atoms with Gasteiger partial charge in [0, 0.05) is 0 Å². The van der Waals surface area contributed by atoms with Gasteiger partial charge in [-0.15, -0.1) is 11.3 Å². The molecule has 0 fully saturated rings. The lowest BCUT2D eigenvalue weighted by atomic mass is 10.2. The van der Waals surface area contributed by atoms with Gasteiger partial charge in [-0.2, -0.15) is 0 Å². The van der Waals surface area contributed by atoms with Crippen molar-refractivity contribution in [2.75, 3.05) is 17.5 Å². The quantitative estimate of drug-likeness (QED) is 0.759. The molecule has 0 bridgehead atoms. The highest BCUT2D eigenvalue weighted by Gasteiger charge is 2.28. The van der Waals surface area contributed by atoms with Gasteiger partial charge in [-0.05, 0) is 37.4 Å². The third-order valence-corrected chi connectivity index (χ3v) is 6.09. The lowest BCUT2D eigenvalue weighted by Gasteiger charge is -2.22. The summed E-state index contributed by atoms with van der Waals surface area (Å²) in [7, 11) is -3.79. The number of carbonyl (C=O) groups is 1. The first kappa shape index (κ1) is 16.5. The molecule has 0 aliphatic rings. The molecule has 2 aromatic rings. The number of anilines is 1. The first-order valence-electron chi connectivity index (χ1n) is 6.73. The van der Waals surface area contributed by atoms with Crippen molar-refractivity contribution in [1.82, 2.24) is 0 Å². The minimum absolute atomic E-state index is 0.192. The van der Waals surface area contributed by atoms with Crippen molar-refractivity contribution in [1.29, 1.82) is 0 Å². The summed E-state index contributed by atoms with van der Waals surface area (Å²) in [5.41, 5.74) is 1.44. The van der Waals surface area contributed by atoms with E-state index >= 15 is 0 Å². The minimum atomic E-state index is -3.79. The van der Waals surface area contributed by atoms with Crippen LogP contribution in [0.2, 0.25) is 0 Å². The van der Waals surface area contributed by atoms with Crippen LogP contribution in [0.4, 0.5) is 5.69 Å². The highest BCUT2D eigenvalue weighted by Crippen LogP contribution is 2.26. The van der Waals surface area contributed by atoms with Crippen LogP contribution >= 0.6 is 11.3 Å². The molecular formula is C15H17NO4S2. The molecule has 1 heterocycles. The SMILES string of the molecule is CCOC(=O)CN(c1ccc(C)cc1)S(=O)(=O)c1cccs1. The van der Waals surface area contributed by atoms with E-state index in [0.717, 1.165) is 21.2 Å². The fourth-order valence-electron chi connectivity index (χ4n) is 1.87. The Hall–Kier alpha value is -1.86. The number of benzene rings is 1. The number of hydrogen-bond donors (Lipinski definition) is 0. The molecule has 0 radical (unpaired) electrons. The third-order valence-electron chi connectivity index (χ3n) is 2.94. The van der Waals surface area contributed by atoms with E-state index in [1.165, 1.54) is 6.07 Å². The van der Waals surface area contributed by atoms with Crippen molar-refractivity contribution < 1.29 is 17.9 Å². The summed E-state index contributed by atoms with van der Waals surface area (Å²) >= 11 is 1.11. The summed E-state index contributed by atoms with van der Waals surface area (Å²) in [6.07, 6.45) is 0. The second-order valence-electron chi connectivity index (χ2n) is 4.58. The Morgan fingerprint density at radius 3 is 2.45 bits per heavy atom. The minimum Gasteiger partial charge on any atom is -0.465 e. The summed E-state index contributed by atoms with van der Waals surface area (Å²) in [4.78, 5) is 11.8. The summed E-state index contributed by atoms with van der Waals surface area (Å²) in [5, 5.41) is 1.69. The normalized spacial score (nSPS) is 11.2. The molecule has 1 aromatic carbocycles. The van der Waals surface area contributed by atoms with Crippen LogP contribution in [-0.2, 0) is 19.6 Å². The zero-order chi connectivity index (χ0) is 16.2. The molecular weight excluding hydrogens is 322 g/mol. The van der Waals surface area contributed by atoms with Crippen molar-refractivity contribution in [3.05, 3.63) is 47.3 Å². The van der Waals surface area contributed by atoms with E-state index in [2.05, 4.69) is 0 Å². The van der Waals surface area contributed by atoms with Crippen molar-refractivity contribution in [3.63, 3.8) is 0 Å². The zero-order valence-electron chi connectivity index (χ0n) is 12.4. The highest BCUT2D eigenvalue weighted by atomic mass is 32.2. The lowest BCUT2D eigenvalue weighted by Crippen LogP contribution is -2.36. The Morgan fingerprint density at radius 2 is 1.91 bits per heavy atom. The summed E-state index contributed by atoms with van der Waals surface area (Å²) < 4.78 is 31.7. The van der Waals surface area contributed by atoms with E-state index in [4.69, 9.17) is 4.74 Å². The largest absolute Gasteiger partial charge is 0.465 e. The van der Waals surface area contributed by atoms with Gasteiger partial charge in [-0.1, -0.05) is 23.8 Å². The van der Waals surface area contributed by atoms with E-state index in [-0.39, 0.29) is 17.4 Å². The van der Waals surface area contributed by atoms with E-state index in [1.807, 2.05) is 6.92 Å². The maximum Gasteiger partial charge on any atom is 0.326 e. The van der Waals surface area contributed by atoms with Gasteiger partial charge in [0.05, 0.1) is 12.3 Å². The highest BCUT2D eigenvalue weighted by molar-refractivity contribution is 7.94. The molecule has 0 N–H and O–H groups in total. The molecule has 0 unspecified atom stereocenters. The summed E-state index contributed by atoms with van der Waals surface area (Å²) in [6.45, 7) is 3.45. The molecule has 2 rings (SSSR count). The predicted molar refractivity (Wildman–Crippen MR) is 86.7 cm³/mol. The molecule has 0 spiro atoms. The van der Waals surface area contributed by atoms with Crippen LogP contribution in [0.25, 0.3) is 0 Å². The summed E-state index contributed by atoms with van der Waals surface area (Å²) in [6, 6.07) is 10.1.